The van der Waals surface area contributed by atoms with Crippen LogP contribution in [-0.4, -0.2) is 26.6 Å². The van der Waals surface area contributed by atoms with Crippen molar-refractivity contribution in [2.24, 2.45) is 5.14 Å². The van der Waals surface area contributed by atoms with Gasteiger partial charge in [0.25, 0.3) is 0 Å². The number of hydrogen-bond acceptors (Lipinski definition) is 4. The average Bonchev–Trinajstić information content (AvgIpc) is 2.28. The van der Waals surface area contributed by atoms with E-state index in [0.29, 0.717) is 12.2 Å². The molecule has 0 fully saturated rings. The van der Waals surface area contributed by atoms with Gasteiger partial charge in [0.1, 0.15) is 5.75 Å². The number of carboxylic acids is 1. The standard InChI is InChI=1S/C7H9NO3S.C4H8O2/c1-11-6-2-4-7(5-3-6)12(8,9)10;1-2-3-4(5)6/h2-5H,1H3,(H2,8,9,10);2-3H2,1H3,(H,5,6). The van der Waals surface area contributed by atoms with Crippen molar-refractivity contribution in [3.8, 4) is 5.75 Å². The van der Waals surface area contributed by atoms with Gasteiger partial charge in [-0.15, -0.1) is 0 Å². The lowest BCUT2D eigenvalue weighted by Gasteiger charge is -2.00. The van der Waals surface area contributed by atoms with E-state index in [0.717, 1.165) is 6.42 Å². The molecule has 3 N–H and O–H groups in total. The van der Waals surface area contributed by atoms with E-state index in [1.165, 1.54) is 19.2 Å². The summed E-state index contributed by atoms with van der Waals surface area (Å²) < 4.78 is 26.4. The molecule has 0 aliphatic heterocycles. The van der Waals surface area contributed by atoms with Crippen molar-refractivity contribution in [2.75, 3.05) is 7.11 Å². The van der Waals surface area contributed by atoms with Crippen LogP contribution >= 0.6 is 0 Å². The zero-order valence-electron chi connectivity index (χ0n) is 10.3. The minimum Gasteiger partial charge on any atom is -0.497 e. The van der Waals surface area contributed by atoms with Crippen LogP contribution in [0.3, 0.4) is 0 Å². The van der Waals surface area contributed by atoms with Crippen molar-refractivity contribution >= 4 is 16.0 Å². The quantitative estimate of drug-likeness (QED) is 0.859. The van der Waals surface area contributed by atoms with Crippen LogP contribution in [0.4, 0.5) is 0 Å². The number of rotatable bonds is 4. The summed E-state index contributed by atoms with van der Waals surface area (Å²) in [5.41, 5.74) is 0. The molecule has 0 unspecified atom stereocenters. The molecule has 0 amide bonds. The number of nitrogens with two attached hydrogens (primary N) is 1. The second kappa shape index (κ2) is 7.67. The Labute approximate surface area is 106 Å². The van der Waals surface area contributed by atoms with E-state index < -0.39 is 16.0 Å². The van der Waals surface area contributed by atoms with Crippen LogP contribution in [0.2, 0.25) is 0 Å². The molecule has 102 valence electrons. The number of sulfonamides is 1. The Morgan fingerprint density at radius 3 is 2.06 bits per heavy atom. The van der Waals surface area contributed by atoms with Gasteiger partial charge in [-0.05, 0) is 30.7 Å². The zero-order chi connectivity index (χ0) is 14.2. The number of ether oxygens (including phenoxy) is 1. The molecule has 18 heavy (non-hydrogen) atoms. The molecule has 0 aromatic heterocycles. The normalized spacial score (nSPS) is 10.2. The lowest BCUT2D eigenvalue weighted by molar-refractivity contribution is -0.137. The number of methoxy groups -OCH3 is 1. The molecule has 1 aromatic carbocycles. The summed E-state index contributed by atoms with van der Waals surface area (Å²) in [5, 5.41) is 12.8. The highest BCUT2D eigenvalue weighted by Crippen LogP contribution is 2.13. The summed E-state index contributed by atoms with van der Waals surface area (Å²) >= 11 is 0. The van der Waals surface area contributed by atoms with Gasteiger partial charge < -0.3 is 9.84 Å². The smallest absolute Gasteiger partial charge is 0.303 e. The summed E-state index contributed by atoms with van der Waals surface area (Å²) in [6.45, 7) is 1.84. The van der Waals surface area contributed by atoms with Crippen LogP contribution in [0.25, 0.3) is 0 Å². The van der Waals surface area contributed by atoms with Crippen molar-refractivity contribution < 1.29 is 23.1 Å². The maximum absolute atomic E-state index is 10.8. The Bertz CT molecular complexity index is 467. The van der Waals surface area contributed by atoms with Crippen LogP contribution in [0.1, 0.15) is 19.8 Å². The fourth-order valence-electron chi connectivity index (χ4n) is 0.979. The highest BCUT2D eigenvalue weighted by atomic mass is 32.2. The second-order valence-electron chi connectivity index (χ2n) is 3.36. The van der Waals surface area contributed by atoms with E-state index in [4.69, 9.17) is 15.0 Å². The lowest BCUT2D eigenvalue weighted by atomic mass is 10.3. The number of carbonyl (C=O) groups is 1. The van der Waals surface area contributed by atoms with Crippen LogP contribution in [0, 0.1) is 0 Å². The first-order valence-electron chi connectivity index (χ1n) is 5.20. The summed E-state index contributed by atoms with van der Waals surface area (Å²) in [5.74, 6) is -0.111. The Morgan fingerprint density at radius 1 is 1.33 bits per heavy atom. The van der Waals surface area contributed by atoms with Crippen molar-refractivity contribution in [1.82, 2.24) is 0 Å². The highest BCUT2D eigenvalue weighted by molar-refractivity contribution is 7.89. The number of primary sulfonamides is 1. The van der Waals surface area contributed by atoms with Crippen molar-refractivity contribution in [2.45, 2.75) is 24.7 Å². The van der Waals surface area contributed by atoms with Crippen molar-refractivity contribution in [3.05, 3.63) is 24.3 Å². The molecule has 1 aromatic rings. The summed E-state index contributed by atoms with van der Waals surface area (Å²) in [7, 11) is -2.08. The van der Waals surface area contributed by atoms with Gasteiger partial charge in [0, 0.05) is 6.42 Å². The number of carboxylic acid groups (broad SMARTS) is 1. The third kappa shape index (κ3) is 6.87. The molecular formula is C11H17NO5S. The molecular weight excluding hydrogens is 258 g/mol. The van der Waals surface area contributed by atoms with Gasteiger partial charge >= 0.3 is 5.97 Å². The lowest BCUT2D eigenvalue weighted by Crippen LogP contribution is -2.11. The molecule has 6 nitrogen and oxygen atoms in total. The number of hydrogen-bond donors (Lipinski definition) is 2. The third-order valence-corrected chi connectivity index (χ3v) is 2.78. The minimum atomic E-state index is -3.58. The molecule has 0 aliphatic carbocycles. The third-order valence-electron chi connectivity index (χ3n) is 1.85. The molecule has 0 saturated carbocycles. The second-order valence-corrected chi connectivity index (χ2v) is 4.93. The fraction of sp³-hybridized carbons (Fsp3) is 0.364. The van der Waals surface area contributed by atoms with Gasteiger partial charge in [0.15, 0.2) is 0 Å². The van der Waals surface area contributed by atoms with Crippen molar-refractivity contribution in [1.29, 1.82) is 0 Å². The molecule has 0 aliphatic rings. The predicted octanol–water partition coefficient (Wildman–Crippen LogP) is 1.21. The van der Waals surface area contributed by atoms with Crippen molar-refractivity contribution in [3.63, 3.8) is 0 Å². The Morgan fingerprint density at radius 2 is 1.83 bits per heavy atom. The van der Waals surface area contributed by atoms with Gasteiger partial charge in [-0.2, -0.15) is 0 Å². The first-order chi connectivity index (χ1) is 8.31. The summed E-state index contributed by atoms with van der Waals surface area (Å²) in [6, 6.07) is 5.88. The fourth-order valence-corrected chi connectivity index (χ4v) is 1.49. The Hall–Kier alpha value is -1.60. The number of aliphatic carboxylic acids is 1. The first-order valence-corrected chi connectivity index (χ1v) is 6.74. The SMILES string of the molecule is CCCC(=O)O.COc1ccc(S(N)(=O)=O)cc1. The minimum absolute atomic E-state index is 0.0864. The van der Waals surface area contributed by atoms with Crippen LogP contribution in [-0.2, 0) is 14.8 Å². The van der Waals surface area contributed by atoms with E-state index in [9.17, 15) is 13.2 Å². The molecule has 1 rings (SSSR count). The van der Waals surface area contributed by atoms with Crippen LogP contribution < -0.4 is 9.88 Å². The van der Waals surface area contributed by atoms with Crippen LogP contribution in [0.15, 0.2) is 29.2 Å². The van der Waals surface area contributed by atoms with Gasteiger partial charge in [-0.1, -0.05) is 6.92 Å². The highest BCUT2D eigenvalue weighted by Gasteiger charge is 2.05. The van der Waals surface area contributed by atoms with Gasteiger partial charge in [-0.3, -0.25) is 4.79 Å². The monoisotopic (exact) mass is 275 g/mol. The first kappa shape index (κ1) is 16.4. The molecule has 7 heteroatoms. The molecule has 0 heterocycles. The molecule has 0 atom stereocenters. The topological polar surface area (TPSA) is 107 Å². The largest absolute Gasteiger partial charge is 0.497 e. The van der Waals surface area contributed by atoms with E-state index >= 15 is 0 Å². The summed E-state index contributed by atoms with van der Waals surface area (Å²) in [6.07, 6.45) is 1.02. The average molecular weight is 275 g/mol. The van der Waals surface area contributed by atoms with Gasteiger partial charge in [0.2, 0.25) is 10.0 Å². The predicted molar refractivity (Wildman–Crippen MR) is 66.9 cm³/mol. The van der Waals surface area contributed by atoms with E-state index in [-0.39, 0.29) is 4.90 Å². The number of benzene rings is 1. The maximum Gasteiger partial charge on any atom is 0.303 e. The molecule has 0 spiro atoms. The Balaban J connectivity index is 0.000000411. The Kier molecular flexibility index (Phi) is 6.99. The molecule has 0 bridgehead atoms. The molecule has 0 radical (unpaired) electrons. The van der Waals surface area contributed by atoms with Gasteiger partial charge in [0.05, 0.1) is 12.0 Å². The van der Waals surface area contributed by atoms with Crippen LogP contribution in [0.5, 0.6) is 5.75 Å². The van der Waals surface area contributed by atoms with E-state index in [1.807, 2.05) is 6.92 Å². The van der Waals surface area contributed by atoms with Gasteiger partial charge in [-0.25, -0.2) is 13.6 Å². The maximum atomic E-state index is 10.8. The zero-order valence-corrected chi connectivity index (χ0v) is 11.1. The molecule has 0 saturated heterocycles. The van der Waals surface area contributed by atoms with E-state index in [2.05, 4.69) is 0 Å². The summed E-state index contributed by atoms with van der Waals surface area (Å²) in [4.78, 5) is 9.69. The van der Waals surface area contributed by atoms with E-state index in [1.54, 1.807) is 12.1 Å².